The van der Waals surface area contributed by atoms with Gasteiger partial charge in [-0.3, -0.25) is 9.55 Å². The average molecular weight is 410 g/mol. The Labute approximate surface area is 179 Å². The number of hydrogen-bond donors (Lipinski definition) is 0. The first-order valence-electron chi connectivity index (χ1n) is 9.90. The van der Waals surface area contributed by atoms with Crippen molar-refractivity contribution in [1.82, 2.24) is 19.7 Å². The topological polar surface area (TPSA) is 67.4 Å². The van der Waals surface area contributed by atoms with Gasteiger partial charge in [-0.15, -0.1) is 10.2 Å². The Morgan fingerprint density at radius 1 is 0.933 bits per heavy atom. The van der Waals surface area contributed by atoms with Gasteiger partial charge in [0.15, 0.2) is 11.0 Å². The first-order chi connectivity index (χ1) is 14.8. The Bertz CT molecular complexity index is 1200. The quantitative estimate of drug-likeness (QED) is 0.393. The molecule has 1 saturated carbocycles. The molecule has 6 heteroatoms. The molecule has 0 radical (unpaired) electrons. The lowest BCUT2D eigenvalue weighted by atomic mass is 10.00. The van der Waals surface area contributed by atoms with Crippen molar-refractivity contribution in [3.63, 3.8) is 0 Å². The summed E-state index contributed by atoms with van der Waals surface area (Å²) in [5.41, 5.74) is 4.99. The second-order valence-electron chi connectivity index (χ2n) is 7.29. The van der Waals surface area contributed by atoms with Gasteiger partial charge < -0.3 is 0 Å². The summed E-state index contributed by atoms with van der Waals surface area (Å²) in [5, 5.41) is 19.2. The fourth-order valence-electron chi connectivity index (χ4n) is 3.50. The van der Waals surface area contributed by atoms with Crippen LogP contribution in [-0.2, 0) is 5.75 Å². The van der Waals surface area contributed by atoms with Crippen molar-refractivity contribution in [2.75, 3.05) is 0 Å². The molecule has 2 heterocycles. The van der Waals surface area contributed by atoms with Gasteiger partial charge in [-0.25, -0.2) is 0 Å². The van der Waals surface area contributed by atoms with E-state index in [2.05, 4.69) is 50.1 Å². The Hall–Kier alpha value is -3.43. The van der Waals surface area contributed by atoms with Crippen LogP contribution in [0.15, 0.2) is 78.2 Å². The molecule has 1 aliphatic rings. The van der Waals surface area contributed by atoms with E-state index in [1.807, 2.05) is 36.4 Å². The lowest BCUT2D eigenvalue weighted by molar-refractivity contribution is 0.669. The number of hydrogen-bond acceptors (Lipinski definition) is 5. The molecular weight excluding hydrogens is 390 g/mol. The molecular formula is C24H19N5S. The minimum Gasteiger partial charge on any atom is -0.299 e. The zero-order valence-electron chi connectivity index (χ0n) is 16.3. The number of benzene rings is 2. The fraction of sp³-hybridized carbons (Fsp3) is 0.167. The third kappa shape index (κ3) is 3.72. The monoisotopic (exact) mass is 409 g/mol. The highest BCUT2D eigenvalue weighted by Crippen LogP contribution is 2.41. The number of nitriles is 1. The molecule has 5 nitrogen and oxygen atoms in total. The average Bonchev–Trinajstić information content (AvgIpc) is 3.57. The molecule has 0 spiro atoms. The van der Waals surface area contributed by atoms with Gasteiger partial charge in [-0.2, -0.15) is 5.26 Å². The minimum absolute atomic E-state index is 0.496. The van der Waals surface area contributed by atoms with E-state index in [-0.39, 0.29) is 0 Å². The van der Waals surface area contributed by atoms with Crippen LogP contribution in [0, 0.1) is 11.3 Å². The zero-order chi connectivity index (χ0) is 20.3. The fourth-order valence-corrected chi connectivity index (χ4v) is 4.46. The summed E-state index contributed by atoms with van der Waals surface area (Å²) in [6, 6.07) is 22.8. The number of rotatable bonds is 6. The van der Waals surface area contributed by atoms with E-state index in [4.69, 9.17) is 0 Å². The lowest BCUT2D eigenvalue weighted by Gasteiger charge is -2.09. The van der Waals surface area contributed by atoms with Gasteiger partial charge in [-0.05, 0) is 47.7 Å². The van der Waals surface area contributed by atoms with Crippen molar-refractivity contribution in [1.29, 1.82) is 5.26 Å². The minimum atomic E-state index is 0.496. The summed E-state index contributed by atoms with van der Waals surface area (Å²) in [6.07, 6.45) is 5.94. The molecule has 0 atom stereocenters. The van der Waals surface area contributed by atoms with Crippen LogP contribution >= 0.6 is 11.8 Å². The first-order valence-corrected chi connectivity index (χ1v) is 10.9. The van der Waals surface area contributed by atoms with Crippen molar-refractivity contribution >= 4 is 11.8 Å². The highest BCUT2D eigenvalue weighted by molar-refractivity contribution is 7.98. The summed E-state index contributed by atoms with van der Waals surface area (Å²) in [7, 11) is 0. The first kappa shape index (κ1) is 18.6. The number of thioether (sulfide) groups is 1. The predicted octanol–water partition coefficient (Wildman–Crippen LogP) is 5.51. The van der Waals surface area contributed by atoms with Gasteiger partial charge in [0.05, 0.1) is 11.6 Å². The van der Waals surface area contributed by atoms with Crippen LogP contribution in [-0.4, -0.2) is 19.7 Å². The molecule has 30 heavy (non-hydrogen) atoms. The Morgan fingerprint density at radius 3 is 2.43 bits per heavy atom. The molecule has 0 bridgehead atoms. The van der Waals surface area contributed by atoms with Crippen molar-refractivity contribution in [2.45, 2.75) is 29.8 Å². The maximum atomic E-state index is 9.33. The lowest BCUT2D eigenvalue weighted by Crippen LogP contribution is -1.99. The van der Waals surface area contributed by atoms with Crippen LogP contribution in [0.25, 0.3) is 22.5 Å². The van der Waals surface area contributed by atoms with E-state index in [0.29, 0.717) is 11.6 Å². The molecule has 1 aliphatic carbocycles. The molecule has 0 unspecified atom stereocenters. The molecule has 1 fully saturated rings. The summed E-state index contributed by atoms with van der Waals surface area (Å²) >= 11 is 1.71. The van der Waals surface area contributed by atoms with Crippen LogP contribution in [0.2, 0.25) is 0 Å². The Morgan fingerprint density at radius 2 is 1.70 bits per heavy atom. The van der Waals surface area contributed by atoms with Crippen molar-refractivity contribution in [2.24, 2.45) is 0 Å². The molecule has 0 amide bonds. The largest absolute Gasteiger partial charge is 0.299 e. The van der Waals surface area contributed by atoms with Crippen LogP contribution in [0.4, 0.5) is 0 Å². The van der Waals surface area contributed by atoms with Crippen LogP contribution in [0.3, 0.4) is 0 Å². The third-order valence-electron chi connectivity index (χ3n) is 5.20. The molecule has 146 valence electrons. The third-order valence-corrected chi connectivity index (χ3v) is 6.21. The molecule has 2 aromatic carbocycles. The smallest absolute Gasteiger partial charge is 0.192 e. The number of nitrogens with zero attached hydrogens (tertiary/aromatic N) is 5. The summed E-state index contributed by atoms with van der Waals surface area (Å²) in [6.45, 7) is 0. The Balaban J connectivity index is 1.35. The number of aromatic nitrogens is 4. The molecule has 0 saturated heterocycles. The van der Waals surface area contributed by atoms with E-state index in [9.17, 15) is 5.26 Å². The molecule has 4 aromatic rings. The molecule has 2 aromatic heterocycles. The maximum absolute atomic E-state index is 9.33. The Kier molecular flexibility index (Phi) is 5.04. The highest BCUT2D eigenvalue weighted by Gasteiger charge is 2.30. The summed E-state index contributed by atoms with van der Waals surface area (Å²) in [4.78, 5) is 4.10. The maximum Gasteiger partial charge on any atom is 0.192 e. The van der Waals surface area contributed by atoms with Crippen molar-refractivity contribution < 1.29 is 0 Å². The van der Waals surface area contributed by atoms with Gasteiger partial charge >= 0.3 is 0 Å². The van der Waals surface area contributed by atoms with Crippen molar-refractivity contribution in [3.05, 3.63) is 84.2 Å². The van der Waals surface area contributed by atoms with E-state index in [1.165, 1.54) is 18.4 Å². The summed E-state index contributed by atoms with van der Waals surface area (Å²) < 4.78 is 2.28. The number of pyridine rings is 1. The second kappa shape index (κ2) is 8.13. The van der Waals surface area contributed by atoms with Gasteiger partial charge in [0.25, 0.3) is 0 Å². The van der Waals surface area contributed by atoms with E-state index in [0.717, 1.165) is 33.4 Å². The standard InChI is InChI=1S/C24H19N5S/c25-15-20-3-1-2-4-22(20)18-7-5-17(6-8-18)16-30-24-28-27-23(29(24)21-9-10-21)19-11-13-26-14-12-19/h1-8,11-14,21H,9-10,16H2. The van der Waals surface area contributed by atoms with Gasteiger partial charge in [-0.1, -0.05) is 54.2 Å². The van der Waals surface area contributed by atoms with Crippen molar-refractivity contribution in [3.8, 4) is 28.6 Å². The zero-order valence-corrected chi connectivity index (χ0v) is 17.1. The second-order valence-corrected chi connectivity index (χ2v) is 8.23. The van der Waals surface area contributed by atoms with Gasteiger partial charge in [0.1, 0.15) is 0 Å². The van der Waals surface area contributed by atoms with E-state index < -0.39 is 0 Å². The molecule has 5 rings (SSSR count). The molecule has 0 aliphatic heterocycles. The normalized spacial score (nSPS) is 13.2. The van der Waals surface area contributed by atoms with Crippen LogP contribution in [0.5, 0.6) is 0 Å². The van der Waals surface area contributed by atoms with E-state index >= 15 is 0 Å². The SMILES string of the molecule is N#Cc1ccccc1-c1ccc(CSc2nnc(-c3ccncc3)n2C2CC2)cc1. The predicted molar refractivity (Wildman–Crippen MR) is 118 cm³/mol. The van der Waals surface area contributed by atoms with Gasteiger partial charge in [0.2, 0.25) is 0 Å². The van der Waals surface area contributed by atoms with Gasteiger partial charge in [0, 0.05) is 29.8 Å². The van der Waals surface area contributed by atoms with E-state index in [1.54, 1.807) is 24.2 Å². The molecule has 0 N–H and O–H groups in total. The highest BCUT2D eigenvalue weighted by atomic mass is 32.2. The van der Waals surface area contributed by atoms with Crippen LogP contribution in [0.1, 0.15) is 30.0 Å². The van der Waals surface area contributed by atoms with Crippen LogP contribution < -0.4 is 0 Å². The summed E-state index contributed by atoms with van der Waals surface area (Å²) in [5.74, 6) is 1.74.